The van der Waals surface area contributed by atoms with Gasteiger partial charge in [0.25, 0.3) is 0 Å². The normalized spacial score (nSPS) is 22.8. The molecule has 0 aromatic heterocycles. The average Bonchev–Trinajstić information content (AvgIpc) is 2.53. The number of nitrogens with zero attached hydrogens (tertiary/aromatic N) is 1. The smallest absolute Gasteiger partial charge is 0.146 e. The summed E-state index contributed by atoms with van der Waals surface area (Å²) in [6.45, 7) is 2.93. The molecular weight excluding hydrogens is 243 g/mol. The third-order valence-electron chi connectivity index (χ3n) is 5.72. The first-order valence-corrected chi connectivity index (χ1v) is 8.87. The summed E-state index contributed by atoms with van der Waals surface area (Å²) in [7, 11) is 0. The van der Waals surface area contributed by atoms with E-state index in [4.69, 9.17) is 5.53 Å². The quantitative estimate of drug-likeness (QED) is 0.425. The van der Waals surface area contributed by atoms with E-state index in [2.05, 4.69) is 5.11 Å². The second-order valence-corrected chi connectivity index (χ2v) is 6.89. The lowest BCUT2D eigenvalue weighted by Crippen LogP contribution is -2.30. The summed E-state index contributed by atoms with van der Waals surface area (Å²) in [6.07, 6.45) is 18.9. The number of nitrogens with one attached hydrogen (secondary N) is 1. The van der Waals surface area contributed by atoms with E-state index in [9.17, 15) is 0 Å². The molecule has 3 heteroatoms. The molecule has 2 saturated carbocycles. The molecule has 2 fully saturated rings. The summed E-state index contributed by atoms with van der Waals surface area (Å²) >= 11 is 0. The topological polar surface area (TPSA) is 36.2 Å². The van der Waals surface area contributed by atoms with Crippen LogP contribution in [0, 0.1) is 5.53 Å². The highest BCUT2D eigenvalue weighted by molar-refractivity contribution is 6.62. The van der Waals surface area contributed by atoms with Crippen LogP contribution in [0.25, 0.3) is 0 Å². The molecule has 0 atom stereocenters. The minimum atomic E-state index is 0.910. The van der Waals surface area contributed by atoms with Crippen LogP contribution < -0.4 is 0 Å². The summed E-state index contributed by atoms with van der Waals surface area (Å²) < 4.78 is 0. The van der Waals surface area contributed by atoms with Gasteiger partial charge >= 0.3 is 0 Å². The van der Waals surface area contributed by atoms with Gasteiger partial charge in [-0.1, -0.05) is 88.2 Å². The van der Waals surface area contributed by atoms with Crippen molar-refractivity contribution in [2.45, 2.75) is 95.5 Å². The lowest BCUT2D eigenvalue weighted by molar-refractivity contribution is 0.460. The number of rotatable bonds is 6. The van der Waals surface area contributed by atoms with Crippen molar-refractivity contribution >= 4 is 6.71 Å². The fourth-order valence-corrected chi connectivity index (χ4v) is 4.56. The molecule has 0 amide bonds. The van der Waals surface area contributed by atoms with Gasteiger partial charge in [-0.3, -0.25) is 0 Å². The van der Waals surface area contributed by atoms with Crippen LogP contribution in [-0.4, -0.2) is 6.71 Å². The largest absolute Gasteiger partial charge is 0.205 e. The third kappa shape index (κ3) is 4.46. The molecule has 0 bridgehead atoms. The molecule has 0 spiro atoms. The molecule has 2 aliphatic carbocycles. The predicted molar refractivity (Wildman–Crippen MR) is 87.8 cm³/mol. The summed E-state index contributed by atoms with van der Waals surface area (Å²) in [5.41, 5.74) is 8.24. The molecule has 0 unspecified atom stereocenters. The van der Waals surface area contributed by atoms with Crippen LogP contribution in [0.4, 0.5) is 0 Å². The van der Waals surface area contributed by atoms with Crippen LogP contribution in [0.15, 0.2) is 16.9 Å². The zero-order valence-corrected chi connectivity index (χ0v) is 13.2. The van der Waals surface area contributed by atoms with Crippen LogP contribution in [0.3, 0.4) is 0 Å². The Morgan fingerprint density at radius 1 is 1.00 bits per heavy atom. The van der Waals surface area contributed by atoms with E-state index in [0.29, 0.717) is 0 Å². The zero-order chi connectivity index (χ0) is 14.2. The minimum Gasteiger partial charge on any atom is -0.205 e. The lowest BCUT2D eigenvalue weighted by Gasteiger charge is -2.35. The van der Waals surface area contributed by atoms with E-state index in [1.54, 1.807) is 0 Å². The molecule has 0 aliphatic heterocycles. The first-order valence-electron chi connectivity index (χ1n) is 8.87. The van der Waals surface area contributed by atoms with Crippen molar-refractivity contribution in [2.75, 3.05) is 0 Å². The van der Waals surface area contributed by atoms with E-state index in [-0.39, 0.29) is 0 Å². The Hall–Kier alpha value is -0.595. The van der Waals surface area contributed by atoms with Crippen LogP contribution in [-0.2, 0) is 0 Å². The molecular formula is C17H31BN2. The molecule has 2 aliphatic rings. The summed E-state index contributed by atoms with van der Waals surface area (Å²) in [6, 6.07) is 0. The van der Waals surface area contributed by atoms with Crippen molar-refractivity contribution in [3.8, 4) is 0 Å². The van der Waals surface area contributed by atoms with Crippen molar-refractivity contribution in [3.05, 3.63) is 11.8 Å². The van der Waals surface area contributed by atoms with Gasteiger partial charge in [-0.2, -0.15) is 5.11 Å². The molecule has 0 aromatic rings. The molecule has 2 rings (SSSR count). The van der Waals surface area contributed by atoms with Crippen LogP contribution >= 0.6 is 0 Å². The average molecular weight is 274 g/mol. The van der Waals surface area contributed by atoms with Crippen LogP contribution in [0.1, 0.15) is 77.6 Å². The van der Waals surface area contributed by atoms with E-state index in [1.807, 2.05) is 13.0 Å². The van der Waals surface area contributed by atoms with Crippen LogP contribution in [0.5, 0.6) is 0 Å². The van der Waals surface area contributed by atoms with E-state index in [1.165, 1.54) is 70.5 Å². The first kappa shape index (κ1) is 15.8. The maximum atomic E-state index is 7.25. The van der Waals surface area contributed by atoms with Gasteiger partial charge in [0.2, 0.25) is 0 Å². The molecule has 0 aromatic carbocycles. The van der Waals surface area contributed by atoms with Gasteiger partial charge in [0, 0.05) is 0 Å². The highest BCUT2D eigenvalue weighted by Gasteiger charge is 2.33. The molecule has 2 nitrogen and oxygen atoms in total. The van der Waals surface area contributed by atoms with Gasteiger partial charge in [-0.15, -0.1) is 0 Å². The molecule has 20 heavy (non-hydrogen) atoms. The Labute approximate surface area is 125 Å². The highest BCUT2D eigenvalue weighted by Crippen LogP contribution is 2.43. The monoisotopic (exact) mass is 274 g/mol. The Balaban J connectivity index is 1.96. The Morgan fingerprint density at radius 3 is 1.90 bits per heavy atom. The second-order valence-electron chi connectivity index (χ2n) is 6.89. The van der Waals surface area contributed by atoms with Crippen molar-refractivity contribution in [2.24, 2.45) is 5.11 Å². The Kier molecular flexibility index (Phi) is 6.82. The number of hydrogen-bond acceptors (Lipinski definition) is 2. The Bertz CT molecular complexity index is 297. The van der Waals surface area contributed by atoms with E-state index < -0.39 is 0 Å². The molecule has 0 heterocycles. The second kappa shape index (κ2) is 8.64. The fraction of sp³-hybridized carbons (Fsp3) is 0.882. The van der Waals surface area contributed by atoms with E-state index in [0.717, 1.165) is 30.5 Å². The zero-order valence-electron chi connectivity index (χ0n) is 13.2. The van der Waals surface area contributed by atoms with Crippen molar-refractivity contribution in [3.63, 3.8) is 0 Å². The molecule has 0 saturated heterocycles. The van der Waals surface area contributed by atoms with Crippen molar-refractivity contribution in [1.29, 1.82) is 5.53 Å². The summed E-state index contributed by atoms with van der Waals surface area (Å²) in [4.78, 5) is 0. The molecule has 112 valence electrons. The van der Waals surface area contributed by atoms with E-state index >= 15 is 0 Å². The first-order chi connectivity index (χ1) is 9.85. The highest BCUT2D eigenvalue weighted by atomic mass is 15.0. The maximum absolute atomic E-state index is 7.25. The standard InChI is InChI=1S/C17H31BN2/c1-2-17(20-19)13-14-18(15-9-5-3-6-10-15)16-11-7-4-8-12-16/h2,15-16,19H,3-14H2,1H3/b17-2-,20-19?. The van der Waals surface area contributed by atoms with Gasteiger partial charge in [-0.25, -0.2) is 5.53 Å². The molecule has 1 N–H and O–H groups in total. The summed E-state index contributed by atoms with van der Waals surface area (Å²) in [5.74, 6) is 1.94. The van der Waals surface area contributed by atoms with Gasteiger partial charge in [-0.05, 0) is 13.3 Å². The third-order valence-corrected chi connectivity index (χ3v) is 5.72. The minimum absolute atomic E-state index is 0.910. The van der Waals surface area contributed by atoms with Crippen molar-refractivity contribution < 1.29 is 0 Å². The van der Waals surface area contributed by atoms with Gasteiger partial charge in [0.1, 0.15) is 6.71 Å². The SMILES string of the molecule is C/C=C(/CCB(C1CCCCC1)C1CCCCC1)N=N. The predicted octanol–water partition coefficient (Wildman–Crippen LogP) is 6.47. The van der Waals surface area contributed by atoms with Crippen LogP contribution in [0.2, 0.25) is 18.0 Å². The number of hydrogen-bond donors (Lipinski definition) is 1. The number of allylic oxidation sites excluding steroid dienone is 2. The van der Waals surface area contributed by atoms with Crippen molar-refractivity contribution in [1.82, 2.24) is 0 Å². The van der Waals surface area contributed by atoms with Gasteiger partial charge in [0.15, 0.2) is 0 Å². The molecule has 0 radical (unpaired) electrons. The van der Waals surface area contributed by atoms with Gasteiger partial charge < -0.3 is 0 Å². The summed E-state index contributed by atoms with van der Waals surface area (Å²) in [5, 5.41) is 3.68. The van der Waals surface area contributed by atoms with Gasteiger partial charge in [0.05, 0.1) is 5.70 Å². The fourth-order valence-electron chi connectivity index (χ4n) is 4.56. The Morgan fingerprint density at radius 2 is 1.50 bits per heavy atom. The maximum Gasteiger partial charge on any atom is 0.146 e. The lowest BCUT2D eigenvalue weighted by atomic mass is 9.28.